The summed E-state index contributed by atoms with van der Waals surface area (Å²) in [6, 6.07) is 14.2. The van der Waals surface area contributed by atoms with Gasteiger partial charge in [0.1, 0.15) is 5.69 Å². The number of nitro benzene ring substituents is 1. The van der Waals surface area contributed by atoms with Crippen molar-refractivity contribution in [3.05, 3.63) is 69.8 Å². The van der Waals surface area contributed by atoms with Crippen LogP contribution in [-0.4, -0.2) is 60.0 Å². The van der Waals surface area contributed by atoms with Crippen LogP contribution in [0.2, 0.25) is 0 Å². The minimum atomic E-state index is -0.380. The van der Waals surface area contributed by atoms with Crippen molar-refractivity contribution in [1.29, 1.82) is 0 Å². The Morgan fingerprint density at radius 3 is 2.26 bits per heavy atom. The number of nitro groups is 1. The molecule has 2 aromatic carbocycles. The van der Waals surface area contributed by atoms with Crippen LogP contribution in [0.25, 0.3) is 0 Å². The normalized spacial score (nSPS) is 23.0. The monoisotopic (exact) mass is 423 g/mol. The van der Waals surface area contributed by atoms with Gasteiger partial charge in [0.15, 0.2) is 5.78 Å². The number of morpholine rings is 1. The van der Waals surface area contributed by atoms with Gasteiger partial charge in [0, 0.05) is 49.4 Å². The van der Waals surface area contributed by atoms with Gasteiger partial charge in [-0.15, -0.1) is 0 Å². The second kappa shape index (κ2) is 9.16. The zero-order valence-corrected chi connectivity index (χ0v) is 18.1. The van der Waals surface area contributed by atoms with Gasteiger partial charge in [-0.05, 0) is 38.8 Å². The summed E-state index contributed by atoms with van der Waals surface area (Å²) >= 11 is 0. The summed E-state index contributed by atoms with van der Waals surface area (Å²) in [7, 11) is 0. The van der Waals surface area contributed by atoms with E-state index in [0.29, 0.717) is 22.9 Å². The maximum atomic E-state index is 12.7. The van der Waals surface area contributed by atoms with Gasteiger partial charge in [0.25, 0.3) is 5.69 Å². The van der Waals surface area contributed by atoms with Crippen LogP contribution in [0, 0.1) is 10.1 Å². The first-order chi connectivity index (χ1) is 14.9. The molecule has 7 nitrogen and oxygen atoms in total. The van der Waals surface area contributed by atoms with Crippen LogP contribution in [0.15, 0.2) is 48.5 Å². The third-order valence-electron chi connectivity index (χ3n) is 6.24. The number of benzene rings is 2. The average molecular weight is 424 g/mol. The first-order valence-electron chi connectivity index (χ1n) is 10.9. The van der Waals surface area contributed by atoms with Crippen molar-refractivity contribution >= 4 is 17.2 Å². The predicted octanol–water partition coefficient (Wildman–Crippen LogP) is 3.90. The van der Waals surface area contributed by atoms with E-state index in [-0.39, 0.29) is 28.6 Å². The molecular weight excluding hydrogens is 394 g/mol. The molecule has 0 saturated carbocycles. The molecular formula is C24H29N3O4. The summed E-state index contributed by atoms with van der Waals surface area (Å²) in [4.78, 5) is 28.7. The van der Waals surface area contributed by atoms with Crippen molar-refractivity contribution in [2.45, 2.75) is 44.9 Å². The fourth-order valence-corrected chi connectivity index (χ4v) is 4.82. The summed E-state index contributed by atoms with van der Waals surface area (Å²) < 4.78 is 5.85. The van der Waals surface area contributed by atoms with E-state index < -0.39 is 0 Å². The Labute approximate surface area is 182 Å². The Morgan fingerprint density at radius 1 is 1.00 bits per heavy atom. The highest BCUT2D eigenvalue weighted by Crippen LogP contribution is 2.33. The lowest BCUT2D eigenvalue weighted by atomic mass is 9.99. The molecule has 2 aliphatic rings. The molecule has 0 unspecified atom stereocenters. The van der Waals surface area contributed by atoms with Gasteiger partial charge in [-0.2, -0.15) is 0 Å². The number of carbonyl (C=O) groups is 1. The first kappa shape index (κ1) is 21.5. The molecule has 0 amide bonds. The first-order valence-corrected chi connectivity index (χ1v) is 10.9. The Bertz CT molecular complexity index is 931. The van der Waals surface area contributed by atoms with E-state index in [4.69, 9.17) is 4.74 Å². The van der Waals surface area contributed by atoms with E-state index in [0.717, 1.165) is 39.0 Å². The highest BCUT2D eigenvalue weighted by atomic mass is 16.6. The Balaban J connectivity index is 1.48. The quantitative estimate of drug-likeness (QED) is 0.412. The maximum absolute atomic E-state index is 12.7. The highest BCUT2D eigenvalue weighted by molar-refractivity contribution is 6.09. The van der Waals surface area contributed by atoms with Crippen LogP contribution in [-0.2, 0) is 4.74 Å². The molecule has 7 heteroatoms. The lowest BCUT2D eigenvalue weighted by molar-refractivity contribution is -0.384. The number of nitrogens with zero attached hydrogens (tertiary/aromatic N) is 3. The molecule has 4 rings (SSSR count). The van der Waals surface area contributed by atoms with Gasteiger partial charge in [0.05, 0.1) is 17.1 Å². The number of ether oxygens (including phenoxy) is 1. The zero-order valence-electron chi connectivity index (χ0n) is 18.1. The Kier molecular flexibility index (Phi) is 6.34. The Hall–Kier alpha value is -2.77. The SMILES string of the molecule is C[C@@H]1CN(C2CCN(c3ccc(C(=O)c4ccccc4)cc3[N+](=O)[O-])CC2)C[C@H](C)O1. The van der Waals surface area contributed by atoms with Gasteiger partial charge in [0.2, 0.25) is 0 Å². The van der Waals surface area contributed by atoms with E-state index in [1.54, 1.807) is 36.4 Å². The molecule has 0 radical (unpaired) electrons. The molecule has 2 heterocycles. The molecule has 2 saturated heterocycles. The van der Waals surface area contributed by atoms with Crippen LogP contribution >= 0.6 is 0 Å². The third kappa shape index (κ3) is 4.78. The number of ketones is 1. The van der Waals surface area contributed by atoms with Gasteiger partial charge < -0.3 is 9.64 Å². The van der Waals surface area contributed by atoms with Crippen LogP contribution in [0.5, 0.6) is 0 Å². The molecule has 31 heavy (non-hydrogen) atoms. The molecule has 0 aromatic heterocycles. The number of hydrogen-bond donors (Lipinski definition) is 0. The van der Waals surface area contributed by atoms with Gasteiger partial charge in [-0.25, -0.2) is 0 Å². The van der Waals surface area contributed by atoms with Crippen LogP contribution in [0.4, 0.5) is 11.4 Å². The van der Waals surface area contributed by atoms with E-state index in [2.05, 4.69) is 23.6 Å². The second-order valence-electron chi connectivity index (χ2n) is 8.59. The molecule has 0 bridgehead atoms. The standard InChI is InChI=1S/C24H29N3O4/c1-17-15-26(16-18(2)31-17)21-10-12-25(13-11-21)22-9-8-20(14-23(22)27(29)30)24(28)19-6-4-3-5-7-19/h3-9,14,17-18,21H,10-13,15-16H2,1-2H3/t17-,18+. The lowest BCUT2D eigenvalue weighted by Crippen LogP contribution is -2.53. The summed E-state index contributed by atoms with van der Waals surface area (Å²) in [6.45, 7) is 7.62. The molecule has 2 fully saturated rings. The fourth-order valence-electron chi connectivity index (χ4n) is 4.82. The van der Waals surface area contributed by atoms with E-state index >= 15 is 0 Å². The maximum Gasteiger partial charge on any atom is 0.293 e. The Morgan fingerprint density at radius 2 is 1.65 bits per heavy atom. The van der Waals surface area contributed by atoms with Crippen molar-refractivity contribution in [3.63, 3.8) is 0 Å². The fraction of sp³-hybridized carbons (Fsp3) is 0.458. The second-order valence-corrected chi connectivity index (χ2v) is 8.59. The molecule has 0 aliphatic carbocycles. The van der Waals surface area contributed by atoms with E-state index in [1.807, 2.05) is 6.07 Å². The summed E-state index contributed by atoms with van der Waals surface area (Å²) in [5.74, 6) is -0.204. The van der Waals surface area contributed by atoms with Crippen LogP contribution < -0.4 is 4.90 Å². The van der Waals surface area contributed by atoms with Crippen molar-refractivity contribution < 1.29 is 14.5 Å². The van der Waals surface area contributed by atoms with E-state index in [1.165, 1.54) is 6.07 Å². The smallest absolute Gasteiger partial charge is 0.293 e. The lowest BCUT2D eigenvalue weighted by Gasteiger charge is -2.44. The minimum absolute atomic E-state index is 0.00570. The zero-order chi connectivity index (χ0) is 22.0. The molecule has 0 spiro atoms. The largest absolute Gasteiger partial charge is 0.373 e. The molecule has 2 aromatic rings. The molecule has 164 valence electrons. The molecule has 2 atom stereocenters. The minimum Gasteiger partial charge on any atom is -0.373 e. The van der Waals surface area contributed by atoms with Gasteiger partial charge in [-0.3, -0.25) is 19.8 Å². The van der Waals surface area contributed by atoms with Gasteiger partial charge >= 0.3 is 0 Å². The number of piperidine rings is 1. The average Bonchev–Trinajstić information content (AvgIpc) is 2.78. The topological polar surface area (TPSA) is 75.9 Å². The van der Waals surface area contributed by atoms with Crippen molar-refractivity contribution in [2.24, 2.45) is 0 Å². The molecule has 2 aliphatic heterocycles. The summed E-state index contributed by atoms with van der Waals surface area (Å²) in [6.07, 6.45) is 2.39. The van der Waals surface area contributed by atoms with Crippen molar-refractivity contribution in [2.75, 3.05) is 31.1 Å². The van der Waals surface area contributed by atoms with E-state index in [9.17, 15) is 14.9 Å². The predicted molar refractivity (Wildman–Crippen MR) is 120 cm³/mol. The van der Waals surface area contributed by atoms with Gasteiger partial charge in [-0.1, -0.05) is 30.3 Å². The van der Waals surface area contributed by atoms with Crippen molar-refractivity contribution in [3.8, 4) is 0 Å². The van der Waals surface area contributed by atoms with Crippen LogP contribution in [0.1, 0.15) is 42.6 Å². The molecule has 0 N–H and O–H groups in total. The highest BCUT2D eigenvalue weighted by Gasteiger charge is 2.32. The number of anilines is 1. The number of rotatable bonds is 5. The van der Waals surface area contributed by atoms with Crippen LogP contribution in [0.3, 0.4) is 0 Å². The third-order valence-corrected chi connectivity index (χ3v) is 6.24. The van der Waals surface area contributed by atoms with Crippen molar-refractivity contribution in [1.82, 2.24) is 4.90 Å². The summed E-state index contributed by atoms with van der Waals surface area (Å²) in [5.41, 5.74) is 1.46. The number of hydrogen-bond acceptors (Lipinski definition) is 6. The summed E-state index contributed by atoms with van der Waals surface area (Å²) in [5, 5.41) is 11.8. The number of carbonyl (C=O) groups excluding carboxylic acids is 1.